The number of azide groups is 1. The molecule has 22 heavy (non-hydrogen) atoms. The molecular weight excluding hydrogens is 302 g/mol. The Morgan fingerprint density at radius 3 is 2.14 bits per heavy atom. The molecular formula is C11H15N3O8. The number of carboxylic acids is 1. The molecule has 1 fully saturated rings. The van der Waals surface area contributed by atoms with Gasteiger partial charge in [-0.1, -0.05) is 5.11 Å². The molecule has 1 rings (SSSR count). The minimum absolute atomic E-state index is 0.735. The summed E-state index contributed by atoms with van der Waals surface area (Å²) in [6.45, 7) is 2.18. The zero-order chi connectivity index (χ0) is 16.9. The van der Waals surface area contributed by atoms with E-state index in [9.17, 15) is 14.4 Å². The number of methoxy groups -OCH3 is 1. The van der Waals surface area contributed by atoms with Gasteiger partial charge in [-0.05, 0) is 5.53 Å². The van der Waals surface area contributed by atoms with Gasteiger partial charge in [-0.15, -0.1) is 0 Å². The molecule has 11 nitrogen and oxygen atoms in total. The minimum atomic E-state index is -1.63. The molecule has 0 aliphatic carbocycles. The third-order valence-corrected chi connectivity index (χ3v) is 2.78. The summed E-state index contributed by atoms with van der Waals surface area (Å²) in [4.78, 5) is 36.2. The van der Waals surface area contributed by atoms with Crippen molar-refractivity contribution in [3.63, 3.8) is 0 Å². The predicted molar refractivity (Wildman–Crippen MR) is 67.3 cm³/mol. The van der Waals surface area contributed by atoms with Crippen molar-refractivity contribution < 1.29 is 38.4 Å². The summed E-state index contributed by atoms with van der Waals surface area (Å²) in [6.07, 6.45) is -5.58. The highest BCUT2D eigenvalue weighted by atomic mass is 16.7. The van der Waals surface area contributed by atoms with Crippen molar-refractivity contribution in [1.82, 2.24) is 0 Å². The van der Waals surface area contributed by atoms with E-state index >= 15 is 0 Å². The Balaban J connectivity index is 3.26. The number of aliphatic carboxylic acids is 1. The number of hydrogen-bond acceptors (Lipinski definition) is 8. The SMILES string of the molecule is CO[C@@H]1O[C@H](C(=O)O)[C@@H](N=[N+]=[N-])[C@H](OC(C)=O)[C@H]1OC(C)=O. The average Bonchev–Trinajstić information content (AvgIpc) is 2.41. The van der Waals surface area contributed by atoms with Crippen molar-refractivity contribution in [2.45, 2.75) is 44.5 Å². The molecule has 1 heterocycles. The Kier molecular flexibility index (Phi) is 6.11. The fourth-order valence-corrected chi connectivity index (χ4v) is 2.05. The van der Waals surface area contributed by atoms with Gasteiger partial charge in [0.1, 0.15) is 6.04 Å². The normalized spacial score (nSPS) is 30.8. The maximum Gasteiger partial charge on any atom is 0.333 e. The van der Waals surface area contributed by atoms with E-state index in [0.717, 1.165) is 13.8 Å². The topological polar surface area (TPSA) is 157 Å². The highest BCUT2D eigenvalue weighted by Gasteiger charge is 2.52. The first-order chi connectivity index (χ1) is 10.3. The van der Waals surface area contributed by atoms with Crippen molar-refractivity contribution in [2.24, 2.45) is 5.11 Å². The van der Waals surface area contributed by atoms with E-state index in [0.29, 0.717) is 0 Å². The maximum atomic E-state index is 11.2. The predicted octanol–water partition coefficient (Wildman–Crippen LogP) is -0.0154. The van der Waals surface area contributed by atoms with Gasteiger partial charge in [0.15, 0.2) is 24.6 Å². The minimum Gasteiger partial charge on any atom is -0.479 e. The van der Waals surface area contributed by atoms with Crippen LogP contribution in [0.15, 0.2) is 5.11 Å². The molecule has 11 heteroatoms. The second kappa shape index (κ2) is 7.59. The van der Waals surface area contributed by atoms with Gasteiger partial charge >= 0.3 is 17.9 Å². The molecule has 0 saturated carbocycles. The molecule has 5 atom stereocenters. The largest absolute Gasteiger partial charge is 0.479 e. The Hall–Kier alpha value is -2.36. The molecule has 1 aliphatic heterocycles. The second-order valence-corrected chi connectivity index (χ2v) is 4.34. The van der Waals surface area contributed by atoms with E-state index in [1.165, 1.54) is 7.11 Å². The van der Waals surface area contributed by atoms with Crippen LogP contribution in [0.4, 0.5) is 0 Å². The zero-order valence-corrected chi connectivity index (χ0v) is 12.0. The van der Waals surface area contributed by atoms with E-state index in [-0.39, 0.29) is 0 Å². The molecule has 0 spiro atoms. The summed E-state index contributed by atoms with van der Waals surface area (Å²) in [5.41, 5.74) is 8.59. The molecule has 1 saturated heterocycles. The number of esters is 2. The Bertz CT molecular complexity index is 504. The number of nitrogens with zero attached hydrogens (tertiary/aromatic N) is 3. The molecule has 0 bridgehead atoms. The van der Waals surface area contributed by atoms with Gasteiger partial charge in [0, 0.05) is 25.9 Å². The number of carbonyl (C=O) groups is 3. The monoisotopic (exact) mass is 317 g/mol. The maximum absolute atomic E-state index is 11.2. The highest BCUT2D eigenvalue weighted by molar-refractivity contribution is 5.74. The van der Waals surface area contributed by atoms with Crippen LogP contribution in [-0.4, -0.2) is 60.8 Å². The van der Waals surface area contributed by atoms with Crippen LogP contribution in [0.1, 0.15) is 13.8 Å². The zero-order valence-electron chi connectivity index (χ0n) is 12.0. The van der Waals surface area contributed by atoms with Crippen LogP contribution < -0.4 is 0 Å². The quantitative estimate of drug-likeness (QED) is 0.321. The summed E-state index contributed by atoms with van der Waals surface area (Å²) in [5.74, 6) is -2.96. The van der Waals surface area contributed by atoms with Crippen molar-refractivity contribution in [1.29, 1.82) is 0 Å². The molecule has 1 N–H and O–H groups in total. The van der Waals surface area contributed by atoms with Gasteiger partial charge in [-0.2, -0.15) is 0 Å². The number of hydrogen-bond donors (Lipinski definition) is 1. The molecule has 0 aromatic heterocycles. The van der Waals surface area contributed by atoms with Crippen LogP contribution in [-0.2, 0) is 33.3 Å². The van der Waals surface area contributed by atoms with Crippen molar-refractivity contribution >= 4 is 17.9 Å². The van der Waals surface area contributed by atoms with Gasteiger partial charge in [0.05, 0.1) is 0 Å². The lowest BCUT2D eigenvalue weighted by Crippen LogP contribution is -2.61. The van der Waals surface area contributed by atoms with Gasteiger partial charge in [0.2, 0.25) is 0 Å². The first-order valence-corrected chi connectivity index (χ1v) is 6.11. The van der Waals surface area contributed by atoms with Crippen molar-refractivity contribution in [3.05, 3.63) is 10.4 Å². The van der Waals surface area contributed by atoms with Crippen LogP contribution in [0, 0.1) is 0 Å². The lowest BCUT2D eigenvalue weighted by atomic mass is 9.96. The van der Waals surface area contributed by atoms with Crippen LogP contribution in [0.5, 0.6) is 0 Å². The van der Waals surface area contributed by atoms with E-state index in [1.807, 2.05) is 0 Å². The molecule has 122 valence electrons. The average molecular weight is 317 g/mol. The van der Waals surface area contributed by atoms with Crippen molar-refractivity contribution in [3.8, 4) is 0 Å². The molecule has 0 amide bonds. The van der Waals surface area contributed by atoms with Crippen LogP contribution in [0.25, 0.3) is 10.4 Å². The smallest absolute Gasteiger partial charge is 0.333 e. The van der Waals surface area contributed by atoms with Crippen LogP contribution in [0.3, 0.4) is 0 Å². The molecule has 0 aromatic rings. The summed E-state index contributed by atoms with van der Waals surface area (Å²) >= 11 is 0. The number of carboxylic acid groups (broad SMARTS) is 1. The molecule has 1 aliphatic rings. The summed E-state index contributed by atoms with van der Waals surface area (Å²) in [6, 6.07) is -1.43. The van der Waals surface area contributed by atoms with Gasteiger partial charge in [-0.25, -0.2) is 4.79 Å². The lowest BCUT2D eigenvalue weighted by molar-refractivity contribution is -0.271. The first kappa shape index (κ1) is 17.7. The van der Waals surface area contributed by atoms with E-state index < -0.39 is 48.6 Å². The molecule has 0 unspecified atom stereocenters. The van der Waals surface area contributed by atoms with E-state index in [4.69, 9.17) is 29.6 Å². The van der Waals surface area contributed by atoms with Crippen LogP contribution in [0.2, 0.25) is 0 Å². The summed E-state index contributed by atoms with van der Waals surface area (Å²) < 4.78 is 20.0. The summed E-state index contributed by atoms with van der Waals surface area (Å²) in [7, 11) is 1.19. The lowest BCUT2D eigenvalue weighted by Gasteiger charge is -2.41. The second-order valence-electron chi connectivity index (χ2n) is 4.34. The fraction of sp³-hybridized carbons (Fsp3) is 0.727. The molecule has 0 radical (unpaired) electrons. The third-order valence-electron chi connectivity index (χ3n) is 2.78. The third kappa shape index (κ3) is 4.07. The standard InChI is InChI=1S/C11H15N3O8/c1-4(15)20-7-6(13-14-12)8(10(17)18)22-11(19-3)9(7)21-5(2)16/h6-9,11H,1-3H3,(H,17,18)/t6-,7-,8-,9+,11+/m0/s1. The number of ether oxygens (including phenoxy) is 4. The summed E-state index contributed by atoms with van der Waals surface area (Å²) in [5, 5.41) is 12.5. The molecule has 0 aromatic carbocycles. The van der Waals surface area contributed by atoms with Crippen LogP contribution >= 0.6 is 0 Å². The van der Waals surface area contributed by atoms with E-state index in [2.05, 4.69) is 10.0 Å². The number of rotatable bonds is 5. The fourth-order valence-electron chi connectivity index (χ4n) is 2.05. The Labute approximate surface area is 124 Å². The van der Waals surface area contributed by atoms with E-state index in [1.54, 1.807) is 0 Å². The van der Waals surface area contributed by atoms with Gasteiger partial charge in [0.25, 0.3) is 0 Å². The highest BCUT2D eigenvalue weighted by Crippen LogP contribution is 2.29. The van der Waals surface area contributed by atoms with Gasteiger partial charge < -0.3 is 24.1 Å². The Morgan fingerprint density at radius 1 is 1.18 bits per heavy atom. The number of carbonyl (C=O) groups excluding carboxylic acids is 2. The van der Waals surface area contributed by atoms with Gasteiger partial charge in [-0.3, -0.25) is 9.59 Å². The Morgan fingerprint density at radius 2 is 1.73 bits per heavy atom. The first-order valence-electron chi connectivity index (χ1n) is 6.11. The van der Waals surface area contributed by atoms with Crippen molar-refractivity contribution in [2.75, 3.05) is 7.11 Å².